The summed E-state index contributed by atoms with van der Waals surface area (Å²) in [7, 11) is 0. The predicted octanol–water partition coefficient (Wildman–Crippen LogP) is -0.414. The fourth-order valence-corrected chi connectivity index (χ4v) is 2.07. The number of nitrogens with one attached hydrogen (secondary N) is 2. The second-order valence-electron chi connectivity index (χ2n) is 3.93. The van der Waals surface area contributed by atoms with Gasteiger partial charge in [0.25, 0.3) is 0 Å². The van der Waals surface area contributed by atoms with Crippen LogP contribution in [0.5, 0.6) is 0 Å². The van der Waals surface area contributed by atoms with Crippen LogP contribution < -0.4 is 10.6 Å². The Balaban J connectivity index is 2.28. The van der Waals surface area contributed by atoms with Crippen LogP contribution in [0.3, 0.4) is 0 Å². The van der Waals surface area contributed by atoms with Crippen molar-refractivity contribution in [1.82, 2.24) is 10.6 Å². The number of carboxylic acids is 1. The van der Waals surface area contributed by atoms with Gasteiger partial charge < -0.3 is 15.7 Å². The summed E-state index contributed by atoms with van der Waals surface area (Å²) in [5, 5.41) is 13.5. The highest BCUT2D eigenvalue weighted by Gasteiger charge is 2.26. The summed E-state index contributed by atoms with van der Waals surface area (Å²) >= 11 is 1.22. The first-order chi connectivity index (χ1) is 8.04. The van der Waals surface area contributed by atoms with Crippen molar-refractivity contribution in [2.24, 2.45) is 0 Å². The molecule has 0 radical (unpaired) electrons. The lowest BCUT2D eigenvalue weighted by Crippen LogP contribution is -2.39. The minimum absolute atomic E-state index is 0.0762. The van der Waals surface area contributed by atoms with E-state index in [1.165, 1.54) is 11.8 Å². The number of hydrogen-bond acceptors (Lipinski definition) is 4. The van der Waals surface area contributed by atoms with Crippen LogP contribution in [-0.4, -0.2) is 46.5 Å². The summed E-state index contributed by atoms with van der Waals surface area (Å²) < 4.78 is 0. The standard InChI is InChI=1S/C10H16N2O4S/c1-6(9(14)12-7-2-3-7)17-4-8(10(15)16)11-5-13/h5-8H,2-4H2,1H3,(H,11,13)(H,12,14)(H,15,16). The number of carbonyl (C=O) groups excluding carboxylic acids is 2. The van der Waals surface area contributed by atoms with Gasteiger partial charge in [-0.3, -0.25) is 9.59 Å². The van der Waals surface area contributed by atoms with E-state index in [1.807, 2.05) is 0 Å². The number of hydrogen-bond donors (Lipinski definition) is 3. The summed E-state index contributed by atoms with van der Waals surface area (Å²) in [6.07, 6.45) is 2.40. The van der Waals surface area contributed by atoms with Crippen molar-refractivity contribution in [3.8, 4) is 0 Å². The second kappa shape index (κ2) is 6.48. The van der Waals surface area contributed by atoms with E-state index < -0.39 is 12.0 Å². The topological polar surface area (TPSA) is 95.5 Å². The van der Waals surface area contributed by atoms with E-state index in [0.717, 1.165) is 12.8 Å². The first-order valence-electron chi connectivity index (χ1n) is 5.39. The van der Waals surface area contributed by atoms with Gasteiger partial charge in [-0.1, -0.05) is 0 Å². The molecule has 3 N–H and O–H groups in total. The van der Waals surface area contributed by atoms with Crippen molar-refractivity contribution < 1.29 is 19.5 Å². The largest absolute Gasteiger partial charge is 0.480 e. The molecule has 0 heterocycles. The Hall–Kier alpha value is -1.24. The summed E-state index contributed by atoms with van der Waals surface area (Å²) in [6, 6.07) is -0.650. The molecule has 1 aliphatic rings. The average Bonchev–Trinajstić information content (AvgIpc) is 3.07. The molecule has 0 aliphatic heterocycles. The molecule has 1 rings (SSSR count). The molecule has 6 nitrogen and oxygen atoms in total. The molecule has 0 aromatic carbocycles. The maximum Gasteiger partial charge on any atom is 0.327 e. The number of aliphatic carboxylic acids is 1. The van der Waals surface area contributed by atoms with Crippen LogP contribution in [0, 0.1) is 0 Å². The molecule has 0 saturated heterocycles. The zero-order chi connectivity index (χ0) is 12.8. The lowest BCUT2D eigenvalue weighted by Gasteiger charge is -2.15. The zero-order valence-corrected chi connectivity index (χ0v) is 10.3. The highest BCUT2D eigenvalue weighted by atomic mass is 32.2. The molecular weight excluding hydrogens is 244 g/mol. The fraction of sp³-hybridized carbons (Fsp3) is 0.700. The molecule has 1 aliphatic carbocycles. The summed E-state index contributed by atoms with van der Waals surface area (Å²) in [5.41, 5.74) is 0. The third kappa shape index (κ3) is 5.08. The predicted molar refractivity (Wildman–Crippen MR) is 63.7 cm³/mol. The smallest absolute Gasteiger partial charge is 0.327 e. The number of rotatable bonds is 8. The van der Waals surface area contributed by atoms with E-state index >= 15 is 0 Å². The Morgan fingerprint density at radius 2 is 2.18 bits per heavy atom. The molecule has 2 amide bonds. The normalized spacial score (nSPS) is 17.9. The van der Waals surface area contributed by atoms with Crippen molar-refractivity contribution in [3.05, 3.63) is 0 Å². The molecule has 1 saturated carbocycles. The van der Waals surface area contributed by atoms with E-state index in [4.69, 9.17) is 5.11 Å². The van der Waals surface area contributed by atoms with Gasteiger partial charge in [-0.2, -0.15) is 0 Å². The van der Waals surface area contributed by atoms with E-state index in [9.17, 15) is 14.4 Å². The highest BCUT2D eigenvalue weighted by Crippen LogP contribution is 2.20. The fourth-order valence-electron chi connectivity index (χ4n) is 1.14. The van der Waals surface area contributed by atoms with E-state index in [0.29, 0.717) is 12.5 Å². The minimum atomic E-state index is -1.10. The van der Waals surface area contributed by atoms with Crippen LogP contribution in [0.4, 0.5) is 0 Å². The molecule has 0 spiro atoms. The summed E-state index contributed by atoms with van der Waals surface area (Å²) in [4.78, 5) is 32.5. The Labute approximate surface area is 104 Å². The first-order valence-corrected chi connectivity index (χ1v) is 6.44. The number of carbonyl (C=O) groups is 3. The molecule has 0 aromatic rings. The van der Waals surface area contributed by atoms with Crippen LogP contribution in [0.25, 0.3) is 0 Å². The molecule has 96 valence electrons. The molecule has 2 unspecified atom stereocenters. The van der Waals surface area contributed by atoms with Crippen LogP contribution >= 0.6 is 11.8 Å². The molecule has 7 heteroatoms. The Kier molecular flexibility index (Phi) is 5.27. The van der Waals surface area contributed by atoms with Crippen molar-refractivity contribution in [3.63, 3.8) is 0 Å². The lowest BCUT2D eigenvalue weighted by atomic mass is 10.3. The van der Waals surface area contributed by atoms with Crippen LogP contribution in [0.1, 0.15) is 19.8 Å². The Morgan fingerprint density at radius 1 is 1.53 bits per heavy atom. The number of thioether (sulfide) groups is 1. The average molecular weight is 260 g/mol. The van der Waals surface area contributed by atoms with Crippen molar-refractivity contribution in [2.45, 2.75) is 37.1 Å². The third-order valence-corrected chi connectivity index (χ3v) is 3.61. The van der Waals surface area contributed by atoms with Gasteiger partial charge in [0.05, 0.1) is 5.25 Å². The quantitative estimate of drug-likeness (QED) is 0.515. The van der Waals surface area contributed by atoms with Gasteiger partial charge in [-0.25, -0.2) is 4.79 Å². The minimum Gasteiger partial charge on any atom is -0.480 e. The molecule has 1 fully saturated rings. The molecule has 2 atom stereocenters. The SMILES string of the molecule is CC(SCC(NC=O)C(=O)O)C(=O)NC1CC1. The van der Waals surface area contributed by atoms with Gasteiger partial charge in [0.15, 0.2) is 0 Å². The zero-order valence-electron chi connectivity index (χ0n) is 9.51. The van der Waals surface area contributed by atoms with E-state index in [1.54, 1.807) is 6.92 Å². The van der Waals surface area contributed by atoms with Gasteiger partial charge >= 0.3 is 5.97 Å². The van der Waals surface area contributed by atoms with E-state index in [-0.39, 0.29) is 16.9 Å². The van der Waals surface area contributed by atoms with Crippen LogP contribution in [0.2, 0.25) is 0 Å². The van der Waals surface area contributed by atoms with Gasteiger partial charge in [-0.15, -0.1) is 11.8 Å². The van der Waals surface area contributed by atoms with Gasteiger partial charge in [0.2, 0.25) is 12.3 Å². The third-order valence-electron chi connectivity index (χ3n) is 2.37. The summed E-state index contributed by atoms with van der Waals surface area (Å²) in [6.45, 7) is 1.72. The van der Waals surface area contributed by atoms with Gasteiger partial charge in [0, 0.05) is 11.8 Å². The Bertz CT molecular complexity index is 307. The maximum absolute atomic E-state index is 11.6. The number of amides is 2. The monoisotopic (exact) mass is 260 g/mol. The summed E-state index contributed by atoms with van der Waals surface area (Å²) in [5.74, 6) is -1.00. The number of carboxylic acid groups (broad SMARTS) is 1. The van der Waals surface area contributed by atoms with Crippen molar-refractivity contribution in [1.29, 1.82) is 0 Å². The first kappa shape index (κ1) is 13.8. The van der Waals surface area contributed by atoms with Crippen molar-refractivity contribution >= 4 is 30.0 Å². The molecule has 0 bridgehead atoms. The van der Waals surface area contributed by atoms with Gasteiger partial charge in [-0.05, 0) is 19.8 Å². The highest BCUT2D eigenvalue weighted by molar-refractivity contribution is 8.00. The molecular formula is C10H16N2O4S. The van der Waals surface area contributed by atoms with Crippen LogP contribution in [-0.2, 0) is 14.4 Å². The second-order valence-corrected chi connectivity index (χ2v) is 5.31. The maximum atomic E-state index is 11.6. The van der Waals surface area contributed by atoms with Gasteiger partial charge in [0.1, 0.15) is 6.04 Å². The molecule has 17 heavy (non-hydrogen) atoms. The van der Waals surface area contributed by atoms with Crippen LogP contribution in [0.15, 0.2) is 0 Å². The van der Waals surface area contributed by atoms with E-state index in [2.05, 4.69) is 10.6 Å². The Morgan fingerprint density at radius 3 is 2.65 bits per heavy atom. The lowest BCUT2D eigenvalue weighted by molar-refractivity contribution is -0.139. The van der Waals surface area contributed by atoms with Crippen molar-refractivity contribution in [2.75, 3.05) is 5.75 Å². The molecule has 0 aromatic heterocycles.